The highest BCUT2D eigenvalue weighted by atomic mass is 16.1. The summed E-state index contributed by atoms with van der Waals surface area (Å²) in [6, 6.07) is 6.10. The Morgan fingerprint density at radius 3 is 2.92 bits per heavy atom. The molecule has 4 nitrogen and oxygen atoms in total. The molecule has 0 spiro atoms. The van der Waals surface area contributed by atoms with Crippen molar-refractivity contribution in [3.63, 3.8) is 0 Å². The van der Waals surface area contributed by atoms with E-state index in [1.54, 1.807) is 13.2 Å². The van der Waals surface area contributed by atoms with Crippen LogP contribution in [0, 0.1) is 5.92 Å². The van der Waals surface area contributed by atoms with E-state index in [9.17, 15) is 4.79 Å². The molecule has 0 radical (unpaired) electrons. The van der Waals surface area contributed by atoms with Crippen LogP contribution in [0.1, 0.15) is 40.7 Å². The van der Waals surface area contributed by atoms with Gasteiger partial charge in [0.25, 0.3) is 5.91 Å². The molecule has 1 amide bonds. The van der Waals surface area contributed by atoms with Crippen molar-refractivity contribution in [2.24, 2.45) is 5.92 Å². The van der Waals surface area contributed by atoms with Crippen LogP contribution in [-0.2, 0) is 12.8 Å². The Balaban J connectivity index is 1.89. The van der Waals surface area contributed by atoms with Crippen LogP contribution in [0.15, 0.2) is 48.8 Å². The number of hydrogen-bond acceptors (Lipinski definition) is 2. The number of hydrogen-bond donors (Lipinski definition) is 2. The third-order valence-corrected chi connectivity index (χ3v) is 4.39. The van der Waals surface area contributed by atoms with Gasteiger partial charge in [-0.2, -0.15) is 0 Å². The summed E-state index contributed by atoms with van der Waals surface area (Å²) in [5, 5.41) is 2.74. The zero-order valence-electron chi connectivity index (χ0n) is 14.2. The molecule has 0 saturated carbocycles. The fourth-order valence-electron chi connectivity index (χ4n) is 2.94. The van der Waals surface area contributed by atoms with Gasteiger partial charge in [0.2, 0.25) is 0 Å². The number of carbonyl (C=O) groups is 1. The van der Waals surface area contributed by atoms with E-state index in [-0.39, 0.29) is 5.91 Å². The standard InChI is InChI=1S/C20H23N3O/c1-14-3-7-16(8-4-14)18-13-15(5-9-17(18)20(24)21-2)6-10-19-22-11-12-23-19/h3,5,7-9,11-14H,4,6,10H2,1-2H3,(H,21,24)(H,22,23). The molecule has 4 heteroatoms. The summed E-state index contributed by atoms with van der Waals surface area (Å²) >= 11 is 0. The van der Waals surface area contributed by atoms with Crippen molar-refractivity contribution in [3.8, 4) is 0 Å². The number of nitrogens with zero attached hydrogens (tertiary/aromatic N) is 1. The lowest BCUT2D eigenvalue weighted by Crippen LogP contribution is -2.19. The Kier molecular flexibility index (Phi) is 4.94. The number of amides is 1. The highest BCUT2D eigenvalue weighted by molar-refractivity contribution is 6.00. The number of allylic oxidation sites excluding steroid dienone is 4. The number of benzene rings is 1. The number of imidazole rings is 1. The largest absolute Gasteiger partial charge is 0.355 e. The zero-order chi connectivity index (χ0) is 16.9. The Morgan fingerprint density at radius 1 is 1.38 bits per heavy atom. The van der Waals surface area contributed by atoms with Crippen LogP contribution in [0.3, 0.4) is 0 Å². The second kappa shape index (κ2) is 7.30. The second-order valence-electron chi connectivity index (χ2n) is 6.23. The summed E-state index contributed by atoms with van der Waals surface area (Å²) in [6.07, 6.45) is 12.9. The summed E-state index contributed by atoms with van der Waals surface area (Å²) < 4.78 is 0. The quantitative estimate of drug-likeness (QED) is 0.885. The van der Waals surface area contributed by atoms with Gasteiger partial charge in [0.15, 0.2) is 0 Å². The number of H-pyrrole nitrogens is 1. The first-order chi connectivity index (χ1) is 11.7. The third-order valence-electron chi connectivity index (χ3n) is 4.39. The molecule has 0 fully saturated rings. The van der Waals surface area contributed by atoms with Gasteiger partial charge >= 0.3 is 0 Å². The van der Waals surface area contributed by atoms with Crippen molar-refractivity contribution in [2.45, 2.75) is 26.2 Å². The molecule has 1 unspecified atom stereocenters. The maximum Gasteiger partial charge on any atom is 0.251 e. The van der Waals surface area contributed by atoms with Gasteiger partial charge in [0.1, 0.15) is 5.82 Å². The molecule has 2 N–H and O–H groups in total. The lowest BCUT2D eigenvalue weighted by molar-refractivity contribution is 0.0963. The highest BCUT2D eigenvalue weighted by Crippen LogP contribution is 2.28. The molecule has 3 rings (SSSR count). The number of aromatic nitrogens is 2. The molecular formula is C20H23N3O. The minimum atomic E-state index is -0.0458. The molecule has 1 atom stereocenters. The topological polar surface area (TPSA) is 57.8 Å². The van der Waals surface area contributed by atoms with Crippen LogP contribution in [0.4, 0.5) is 0 Å². The van der Waals surface area contributed by atoms with E-state index in [0.717, 1.165) is 41.8 Å². The fourth-order valence-corrected chi connectivity index (χ4v) is 2.94. The molecular weight excluding hydrogens is 298 g/mol. The molecule has 0 bridgehead atoms. The van der Waals surface area contributed by atoms with Crippen LogP contribution in [0.2, 0.25) is 0 Å². The van der Waals surface area contributed by atoms with E-state index in [1.165, 1.54) is 5.56 Å². The van der Waals surface area contributed by atoms with E-state index < -0.39 is 0 Å². The number of aryl methyl sites for hydroxylation is 2. The first kappa shape index (κ1) is 16.2. The van der Waals surface area contributed by atoms with Crippen LogP contribution in [0.5, 0.6) is 0 Å². The minimum Gasteiger partial charge on any atom is -0.355 e. The van der Waals surface area contributed by atoms with E-state index in [0.29, 0.717) is 5.92 Å². The van der Waals surface area contributed by atoms with Gasteiger partial charge in [-0.05, 0) is 41.5 Å². The number of carbonyl (C=O) groups excluding carboxylic acids is 1. The Labute approximate surface area is 142 Å². The van der Waals surface area contributed by atoms with E-state index in [2.05, 4.69) is 46.5 Å². The SMILES string of the molecule is CNC(=O)c1ccc(CCc2ncc[nH]2)cc1C1=CCC(C)C=C1. The normalized spacial score (nSPS) is 16.8. The van der Waals surface area contributed by atoms with Crippen molar-refractivity contribution in [3.05, 3.63) is 71.3 Å². The molecule has 1 aromatic carbocycles. The first-order valence-electron chi connectivity index (χ1n) is 8.39. The summed E-state index contributed by atoms with van der Waals surface area (Å²) in [6.45, 7) is 2.20. The van der Waals surface area contributed by atoms with Gasteiger partial charge in [0.05, 0.1) is 0 Å². The smallest absolute Gasteiger partial charge is 0.251 e. The average Bonchev–Trinajstić information content (AvgIpc) is 3.13. The van der Waals surface area contributed by atoms with Crippen LogP contribution < -0.4 is 5.32 Å². The average molecular weight is 321 g/mol. The number of rotatable bonds is 5. The summed E-state index contributed by atoms with van der Waals surface area (Å²) in [4.78, 5) is 19.6. The maximum absolute atomic E-state index is 12.2. The lowest BCUT2D eigenvalue weighted by Gasteiger charge is -2.16. The summed E-state index contributed by atoms with van der Waals surface area (Å²) in [5.74, 6) is 1.49. The molecule has 124 valence electrons. The van der Waals surface area contributed by atoms with Gasteiger partial charge in [-0.15, -0.1) is 0 Å². The zero-order valence-corrected chi connectivity index (χ0v) is 14.2. The Morgan fingerprint density at radius 2 is 2.25 bits per heavy atom. The molecule has 1 aliphatic rings. The van der Waals surface area contributed by atoms with Gasteiger partial charge in [-0.25, -0.2) is 4.98 Å². The van der Waals surface area contributed by atoms with Crippen molar-refractivity contribution >= 4 is 11.5 Å². The molecule has 2 aromatic rings. The third kappa shape index (κ3) is 3.65. The summed E-state index contributed by atoms with van der Waals surface area (Å²) in [5.41, 5.74) is 4.08. The van der Waals surface area contributed by atoms with Gasteiger partial charge in [-0.3, -0.25) is 4.79 Å². The van der Waals surface area contributed by atoms with Gasteiger partial charge in [-0.1, -0.05) is 37.3 Å². The predicted octanol–water partition coefficient (Wildman–Crippen LogP) is 3.53. The van der Waals surface area contributed by atoms with Gasteiger partial charge in [0, 0.05) is 31.4 Å². The van der Waals surface area contributed by atoms with Crippen molar-refractivity contribution < 1.29 is 4.79 Å². The maximum atomic E-state index is 12.2. The molecule has 1 aliphatic carbocycles. The van der Waals surface area contributed by atoms with Gasteiger partial charge < -0.3 is 10.3 Å². The minimum absolute atomic E-state index is 0.0458. The second-order valence-corrected chi connectivity index (χ2v) is 6.23. The number of aromatic amines is 1. The molecule has 0 saturated heterocycles. The monoisotopic (exact) mass is 321 g/mol. The van der Waals surface area contributed by atoms with Crippen LogP contribution >= 0.6 is 0 Å². The van der Waals surface area contributed by atoms with Crippen LogP contribution in [0.25, 0.3) is 5.57 Å². The Hall–Kier alpha value is -2.62. The van der Waals surface area contributed by atoms with Crippen molar-refractivity contribution in [2.75, 3.05) is 7.05 Å². The first-order valence-corrected chi connectivity index (χ1v) is 8.39. The van der Waals surface area contributed by atoms with Crippen molar-refractivity contribution in [1.82, 2.24) is 15.3 Å². The summed E-state index contributed by atoms with van der Waals surface area (Å²) in [7, 11) is 1.67. The fraction of sp³-hybridized carbons (Fsp3) is 0.300. The predicted molar refractivity (Wildman–Crippen MR) is 96.7 cm³/mol. The Bertz CT molecular complexity index is 772. The molecule has 0 aliphatic heterocycles. The lowest BCUT2D eigenvalue weighted by atomic mass is 9.90. The number of nitrogens with one attached hydrogen (secondary N) is 2. The van der Waals surface area contributed by atoms with E-state index in [1.807, 2.05) is 18.3 Å². The van der Waals surface area contributed by atoms with Crippen molar-refractivity contribution in [1.29, 1.82) is 0 Å². The van der Waals surface area contributed by atoms with E-state index in [4.69, 9.17) is 0 Å². The van der Waals surface area contributed by atoms with E-state index >= 15 is 0 Å². The van der Waals surface area contributed by atoms with Crippen LogP contribution in [-0.4, -0.2) is 22.9 Å². The molecule has 1 heterocycles. The highest BCUT2D eigenvalue weighted by Gasteiger charge is 2.15. The molecule has 1 aromatic heterocycles. The molecule has 24 heavy (non-hydrogen) atoms.